The van der Waals surface area contributed by atoms with Crippen molar-refractivity contribution in [2.75, 3.05) is 6.61 Å². The first kappa shape index (κ1) is 19.3. The molecule has 136 valence electrons. The SMILES string of the molecule is CCCCOC(=O)[C@@H](C)Oc1ccc(Oc2ccc(C#N)cc2F)cc1. The third-order valence-electron chi connectivity index (χ3n) is 3.50. The van der Waals surface area contributed by atoms with Crippen molar-refractivity contribution in [3.63, 3.8) is 0 Å². The van der Waals surface area contributed by atoms with E-state index in [1.54, 1.807) is 31.2 Å². The predicted molar refractivity (Wildman–Crippen MR) is 93.6 cm³/mol. The fourth-order valence-electron chi connectivity index (χ4n) is 2.05. The van der Waals surface area contributed by atoms with Crippen LogP contribution in [0, 0.1) is 17.1 Å². The summed E-state index contributed by atoms with van der Waals surface area (Å²) in [5.74, 6) is -0.145. The molecule has 2 rings (SSSR count). The molecule has 0 saturated carbocycles. The van der Waals surface area contributed by atoms with Crippen LogP contribution in [0.5, 0.6) is 17.2 Å². The molecule has 0 unspecified atom stereocenters. The van der Waals surface area contributed by atoms with Gasteiger partial charge in [0.2, 0.25) is 0 Å². The van der Waals surface area contributed by atoms with Crippen LogP contribution in [0.1, 0.15) is 32.3 Å². The molecular formula is C20H20FNO4. The maximum absolute atomic E-state index is 13.8. The Hall–Kier alpha value is -3.07. The van der Waals surface area contributed by atoms with E-state index in [2.05, 4.69) is 0 Å². The summed E-state index contributed by atoms with van der Waals surface area (Å²) in [4.78, 5) is 11.8. The summed E-state index contributed by atoms with van der Waals surface area (Å²) in [5.41, 5.74) is 0.221. The van der Waals surface area contributed by atoms with Crippen molar-refractivity contribution in [2.24, 2.45) is 0 Å². The third-order valence-corrected chi connectivity index (χ3v) is 3.50. The van der Waals surface area contributed by atoms with Gasteiger partial charge in [0.05, 0.1) is 18.2 Å². The summed E-state index contributed by atoms with van der Waals surface area (Å²) in [7, 11) is 0. The van der Waals surface area contributed by atoms with Gasteiger partial charge in [-0.3, -0.25) is 0 Å². The number of esters is 1. The average molecular weight is 357 g/mol. The maximum atomic E-state index is 13.8. The van der Waals surface area contributed by atoms with E-state index < -0.39 is 17.9 Å². The maximum Gasteiger partial charge on any atom is 0.347 e. The van der Waals surface area contributed by atoms with E-state index >= 15 is 0 Å². The number of nitrogens with zero attached hydrogens (tertiary/aromatic N) is 1. The van der Waals surface area contributed by atoms with Crippen molar-refractivity contribution >= 4 is 5.97 Å². The quantitative estimate of drug-likeness (QED) is 0.510. The summed E-state index contributed by atoms with van der Waals surface area (Å²) >= 11 is 0. The summed E-state index contributed by atoms with van der Waals surface area (Å²) in [6, 6.07) is 12.3. The summed E-state index contributed by atoms with van der Waals surface area (Å²) in [5, 5.41) is 8.74. The number of nitriles is 1. The van der Waals surface area contributed by atoms with Crippen LogP contribution in [-0.4, -0.2) is 18.7 Å². The fourth-order valence-corrected chi connectivity index (χ4v) is 2.05. The predicted octanol–water partition coefficient (Wildman–Crippen LogP) is 4.60. The summed E-state index contributed by atoms with van der Waals surface area (Å²) < 4.78 is 29.9. The number of rotatable bonds is 8. The number of carbonyl (C=O) groups is 1. The van der Waals surface area contributed by atoms with Gasteiger partial charge in [0.1, 0.15) is 11.5 Å². The minimum Gasteiger partial charge on any atom is -0.479 e. The van der Waals surface area contributed by atoms with E-state index in [9.17, 15) is 9.18 Å². The molecule has 0 aliphatic heterocycles. The number of hydrogen-bond donors (Lipinski definition) is 0. The van der Waals surface area contributed by atoms with E-state index in [1.165, 1.54) is 12.1 Å². The number of benzene rings is 2. The van der Waals surface area contributed by atoms with Crippen LogP contribution in [0.25, 0.3) is 0 Å². The Bertz CT molecular complexity index is 783. The van der Waals surface area contributed by atoms with Crippen LogP contribution in [0.3, 0.4) is 0 Å². The Balaban J connectivity index is 1.94. The van der Waals surface area contributed by atoms with Crippen LogP contribution in [0.15, 0.2) is 42.5 Å². The second kappa shape index (κ2) is 9.42. The lowest BCUT2D eigenvalue weighted by atomic mass is 10.2. The minimum absolute atomic E-state index is 0.0190. The van der Waals surface area contributed by atoms with Gasteiger partial charge < -0.3 is 14.2 Å². The monoisotopic (exact) mass is 357 g/mol. The van der Waals surface area contributed by atoms with Crippen molar-refractivity contribution in [1.29, 1.82) is 5.26 Å². The smallest absolute Gasteiger partial charge is 0.347 e. The van der Waals surface area contributed by atoms with Gasteiger partial charge in [0, 0.05) is 0 Å². The molecule has 5 nitrogen and oxygen atoms in total. The molecule has 0 fully saturated rings. The highest BCUT2D eigenvalue weighted by molar-refractivity contribution is 5.74. The van der Waals surface area contributed by atoms with Crippen LogP contribution in [0.2, 0.25) is 0 Å². The molecule has 26 heavy (non-hydrogen) atoms. The fraction of sp³-hybridized carbons (Fsp3) is 0.300. The number of unbranched alkanes of at least 4 members (excludes halogenated alkanes) is 1. The van der Waals surface area contributed by atoms with Gasteiger partial charge in [-0.25, -0.2) is 9.18 Å². The Kier molecular flexibility index (Phi) is 6.98. The average Bonchev–Trinajstić information content (AvgIpc) is 2.65. The van der Waals surface area contributed by atoms with Crippen LogP contribution in [-0.2, 0) is 9.53 Å². The van der Waals surface area contributed by atoms with E-state index in [1.807, 2.05) is 13.0 Å². The van der Waals surface area contributed by atoms with Gasteiger partial charge in [0.15, 0.2) is 17.7 Å². The molecule has 0 radical (unpaired) electrons. The first-order chi connectivity index (χ1) is 12.5. The zero-order chi connectivity index (χ0) is 18.9. The Morgan fingerprint density at radius 2 is 1.88 bits per heavy atom. The molecule has 0 bridgehead atoms. The number of halogens is 1. The Morgan fingerprint density at radius 3 is 2.50 bits per heavy atom. The highest BCUT2D eigenvalue weighted by Gasteiger charge is 2.16. The molecule has 0 amide bonds. The van der Waals surface area contributed by atoms with E-state index in [4.69, 9.17) is 19.5 Å². The lowest BCUT2D eigenvalue weighted by molar-refractivity contribution is -0.151. The molecule has 1 atom stereocenters. The second-order valence-electron chi connectivity index (χ2n) is 5.61. The molecule has 2 aromatic carbocycles. The van der Waals surface area contributed by atoms with Crippen molar-refractivity contribution in [2.45, 2.75) is 32.8 Å². The standard InChI is InChI=1S/C20H20FNO4/c1-3-4-11-24-20(23)14(2)25-16-6-8-17(9-7-16)26-19-10-5-15(13-22)12-18(19)21/h5-10,12,14H,3-4,11H2,1-2H3/t14-/m1/s1. The van der Waals surface area contributed by atoms with Gasteiger partial charge in [-0.15, -0.1) is 0 Å². The van der Waals surface area contributed by atoms with Gasteiger partial charge in [-0.1, -0.05) is 13.3 Å². The first-order valence-electron chi connectivity index (χ1n) is 8.34. The highest BCUT2D eigenvalue weighted by Crippen LogP contribution is 2.27. The molecule has 0 saturated heterocycles. The zero-order valence-electron chi connectivity index (χ0n) is 14.7. The lowest BCUT2D eigenvalue weighted by Gasteiger charge is -2.14. The van der Waals surface area contributed by atoms with Crippen molar-refractivity contribution in [1.82, 2.24) is 0 Å². The van der Waals surface area contributed by atoms with E-state index in [0.717, 1.165) is 18.9 Å². The molecule has 0 aliphatic carbocycles. The topological polar surface area (TPSA) is 68.6 Å². The van der Waals surface area contributed by atoms with Crippen molar-refractivity contribution in [3.8, 4) is 23.3 Å². The molecule has 0 heterocycles. The van der Waals surface area contributed by atoms with Gasteiger partial charge in [-0.05, 0) is 55.8 Å². The normalized spacial score (nSPS) is 11.3. The van der Waals surface area contributed by atoms with Crippen LogP contribution >= 0.6 is 0 Å². The molecule has 6 heteroatoms. The third kappa shape index (κ3) is 5.49. The Morgan fingerprint density at radius 1 is 1.19 bits per heavy atom. The Labute approximate surface area is 151 Å². The molecule has 2 aromatic rings. The number of hydrogen-bond acceptors (Lipinski definition) is 5. The molecule has 0 spiro atoms. The van der Waals surface area contributed by atoms with Crippen molar-refractivity contribution < 1.29 is 23.4 Å². The van der Waals surface area contributed by atoms with Gasteiger partial charge in [-0.2, -0.15) is 5.26 Å². The summed E-state index contributed by atoms with van der Waals surface area (Å²) in [6.45, 7) is 4.01. The second-order valence-corrected chi connectivity index (χ2v) is 5.61. The zero-order valence-corrected chi connectivity index (χ0v) is 14.7. The lowest BCUT2D eigenvalue weighted by Crippen LogP contribution is -2.26. The van der Waals surface area contributed by atoms with Crippen LogP contribution < -0.4 is 9.47 Å². The van der Waals surface area contributed by atoms with Gasteiger partial charge in [0.25, 0.3) is 0 Å². The minimum atomic E-state index is -0.727. The number of carbonyl (C=O) groups excluding carboxylic acids is 1. The first-order valence-corrected chi connectivity index (χ1v) is 8.34. The summed E-state index contributed by atoms with van der Waals surface area (Å²) in [6.07, 6.45) is 1.04. The highest BCUT2D eigenvalue weighted by atomic mass is 19.1. The van der Waals surface area contributed by atoms with E-state index in [-0.39, 0.29) is 11.3 Å². The molecular weight excluding hydrogens is 337 g/mol. The molecule has 0 aromatic heterocycles. The largest absolute Gasteiger partial charge is 0.479 e. The van der Waals surface area contributed by atoms with Crippen molar-refractivity contribution in [3.05, 3.63) is 53.8 Å². The molecule has 0 aliphatic rings. The number of ether oxygens (including phenoxy) is 3. The molecule has 0 N–H and O–H groups in total. The van der Waals surface area contributed by atoms with E-state index in [0.29, 0.717) is 18.1 Å². The van der Waals surface area contributed by atoms with Gasteiger partial charge >= 0.3 is 5.97 Å². The van der Waals surface area contributed by atoms with Crippen LogP contribution in [0.4, 0.5) is 4.39 Å².